The van der Waals surface area contributed by atoms with Gasteiger partial charge in [-0.2, -0.15) is 5.10 Å². The summed E-state index contributed by atoms with van der Waals surface area (Å²) >= 11 is 7.06. The highest BCUT2D eigenvalue weighted by molar-refractivity contribution is 7.18. The molecule has 2 aromatic rings. The van der Waals surface area contributed by atoms with Gasteiger partial charge in [0, 0.05) is 19.3 Å². The summed E-state index contributed by atoms with van der Waals surface area (Å²) in [4.78, 5) is 28.5. The van der Waals surface area contributed by atoms with Crippen LogP contribution in [0.5, 0.6) is 0 Å². The zero-order valence-electron chi connectivity index (χ0n) is 15.7. The van der Waals surface area contributed by atoms with E-state index in [-0.39, 0.29) is 12.5 Å². The van der Waals surface area contributed by atoms with E-state index in [4.69, 9.17) is 16.3 Å². The van der Waals surface area contributed by atoms with Crippen molar-refractivity contribution in [1.82, 2.24) is 10.2 Å². The quantitative estimate of drug-likeness (QED) is 0.784. The fourth-order valence-electron chi connectivity index (χ4n) is 3.09. The second kappa shape index (κ2) is 8.30. The fraction of sp³-hybridized carbons (Fsp3) is 0.316. The highest BCUT2D eigenvalue weighted by Gasteiger charge is 2.32. The molecule has 0 spiro atoms. The molecule has 2 aliphatic heterocycles. The number of hydrogen-bond donors (Lipinski definition) is 1. The summed E-state index contributed by atoms with van der Waals surface area (Å²) in [6, 6.07) is 11.0. The third-order valence-electron chi connectivity index (χ3n) is 4.67. The number of thiophene rings is 1. The largest absolute Gasteiger partial charge is 0.442 e. The van der Waals surface area contributed by atoms with E-state index in [9.17, 15) is 9.59 Å². The molecule has 1 saturated heterocycles. The molecule has 1 unspecified atom stereocenters. The van der Waals surface area contributed by atoms with Crippen LogP contribution in [0.2, 0.25) is 4.34 Å². The molecule has 8 nitrogen and oxygen atoms in total. The monoisotopic (exact) mass is 433 g/mol. The number of nitrogens with zero attached hydrogens (tertiary/aromatic N) is 4. The molecule has 1 aromatic heterocycles. The molecule has 1 atom stereocenters. The first-order valence-electron chi connectivity index (χ1n) is 9.13. The van der Waals surface area contributed by atoms with Gasteiger partial charge in [-0.15, -0.1) is 11.3 Å². The van der Waals surface area contributed by atoms with E-state index in [1.807, 2.05) is 41.2 Å². The van der Waals surface area contributed by atoms with Gasteiger partial charge in [0.1, 0.15) is 12.4 Å². The van der Waals surface area contributed by atoms with Crippen LogP contribution >= 0.6 is 22.9 Å². The molecule has 0 radical (unpaired) electrons. The first kappa shape index (κ1) is 19.5. The van der Waals surface area contributed by atoms with Crippen LogP contribution in [0.3, 0.4) is 0 Å². The normalized spacial score (nSPS) is 18.9. The van der Waals surface area contributed by atoms with Crippen molar-refractivity contribution in [1.29, 1.82) is 0 Å². The lowest BCUT2D eigenvalue weighted by atomic mass is 10.2. The molecule has 1 N–H and O–H groups in total. The van der Waals surface area contributed by atoms with Crippen LogP contribution in [0.1, 0.15) is 9.67 Å². The Morgan fingerprint density at radius 2 is 2.00 bits per heavy atom. The van der Waals surface area contributed by atoms with Crippen LogP contribution in [-0.2, 0) is 4.74 Å². The van der Waals surface area contributed by atoms with E-state index in [2.05, 4.69) is 10.4 Å². The molecule has 10 heteroatoms. The van der Waals surface area contributed by atoms with E-state index < -0.39 is 12.2 Å². The summed E-state index contributed by atoms with van der Waals surface area (Å²) in [5, 5.41) is 9.09. The Morgan fingerprint density at radius 1 is 1.24 bits per heavy atom. The second-order valence-electron chi connectivity index (χ2n) is 6.78. The van der Waals surface area contributed by atoms with Crippen molar-refractivity contribution in [3.05, 3.63) is 45.6 Å². The van der Waals surface area contributed by atoms with Crippen molar-refractivity contribution in [3.8, 4) is 0 Å². The molecule has 0 aliphatic carbocycles. The van der Waals surface area contributed by atoms with Gasteiger partial charge in [-0.1, -0.05) is 11.6 Å². The molecule has 29 heavy (non-hydrogen) atoms. The number of ether oxygens (including phenoxy) is 1. The predicted molar refractivity (Wildman–Crippen MR) is 114 cm³/mol. The number of hydrazone groups is 1. The molecular formula is C19H20ClN5O3S. The highest BCUT2D eigenvalue weighted by Crippen LogP contribution is 2.26. The maximum atomic E-state index is 12.3. The Hall–Kier alpha value is -2.78. The van der Waals surface area contributed by atoms with Gasteiger partial charge in [0.25, 0.3) is 5.91 Å². The zero-order valence-corrected chi connectivity index (χ0v) is 17.3. The number of cyclic esters (lactones) is 1. The Labute approximate surface area is 177 Å². The molecular weight excluding hydrogens is 414 g/mol. The van der Waals surface area contributed by atoms with Crippen molar-refractivity contribution >= 4 is 52.7 Å². The summed E-state index contributed by atoms with van der Waals surface area (Å²) in [5.74, 6) is -0.228. The van der Waals surface area contributed by atoms with Gasteiger partial charge in [0.2, 0.25) is 0 Å². The molecule has 1 fully saturated rings. The molecule has 0 saturated carbocycles. The predicted octanol–water partition coefficient (Wildman–Crippen LogP) is 2.85. The molecule has 2 aliphatic rings. The van der Waals surface area contributed by atoms with Crippen LogP contribution in [-0.4, -0.2) is 62.6 Å². The minimum atomic E-state index is -0.422. The van der Waals surface area contributed by atoms with Crippen molar-refractivity contribution in [2.24, 2.45) is 5.10 Å². The van der Waals surface area contributed by atoms with Crippen molar-refractivity contribution in [2.45, 2.75) is 6.10 Å². The summed E-state index contributed by atoms with van der Waals surface area (Å²) in [6.45, 7) is 2.31. The summed E-state index contributed by atoms with van der Waals surface area (Å²) in [5.41, 5.74) is 1.71. The summed E-state index contributed by atoms with van der Waals surface area (Å²) in [7, 11) is 1.98. The van der Waals surface area contributed by atoms with Gasteiger partial charge >= 0.3 is 6.09 Å². The number of halogens is 1. The van der Waals surface area contributed by atoms with E-state index in [0.29, 0.717) is 15.8 Å². The third kappa shape index (κ3) is 4.46. The molecule has 1 aromatic carbocycles. The number of benzene rings is 1. The summed E-state index contributed by atoms with van der Waals surface area (Å²) < 4.78 is 5.94. The van der Waals surface area contributed by atoms with Gasteiger partial charge in [0.05, 0.1) is 34.5 Å². The number of amides is 2. The number of nitrogens with one attached hydrogen (secondary N) is 1. The first-order valence-corrected chi connectivity index (χ1v) is 10.3. The lowest BCUT2D eigenvalue weighted by molar-refractivity contribution is 0.0920. The van der Waals surface area contributed by atoms with Crippen molar-refractivity contribution in [3.63, 3.8) is 0 Å². The van der Waals surface area contributed by atoms with Gasteiger partial charge in [-0.25, -0.2) is 4.79 Å². The lowest BCUT2D eigenvalue weighted by Crippen LogP contribution is -2.35. The SMILES string of the molecule is CN1C=NN(c2ccc(N3CC(CNC(=O)c4ccc(Cl)s4)OC3=O)cc2)CC1. The summed E-state index contributed by atoms with van der Waals surface area (Å²) in [6.07, 6.45) is 0.954. The van der Waals surface area contributed by atoms with Crippen LogP contribution < -0.4 is 15.2 Å². The van der Waals surface area contributed by atoms with E-state index >= 15 is 0 Å². The minimum absolute atomic E-state index is 0.228. The Balaban J connectivity index is 1.34. The average Bonchev–Trinajstić information content (AvgIpc) is 3.32. The van der Waals surface area contributed by atoms with Gasteiger partial charge in [0.15, 0.2) is 0 Å². The Kier molecular flexibility index (Phi) is 5.59. The van der Waals surface area contributed by atoms with Crippen LogP contribution in [0.4, 0.5) is 16.2 Å². The van der Waals surface area contributed by atoms with Gasteiger partial charge in [-0.3, -0.25) is 14.7 Å². The maximum absolute atomic E-state index is 12.3. The topological polar surface area (TPSA) is 77.5 Å². The maximum Gasteiger partial charge on any atom is 0.414 e. The number of hydrogen-bond acceptors (Lipinski definition) is 7. The Morgan fingerprint density at radius 3 is 2.66 bits per heavy atom. The molecule has 3 heterocycles. The highest BCUT2D eigenvalue weighted by atomic mass is 35.5. The number of carbonyl (C=O) groups excluding carboxylic acids is 2. The first-order chi connectivity index (χ1) is 14.0. The molecule has 2 amide bonds. The van der Waals surface area contributed by atoms with Crippen molar-refractivity contribution < 1.29 is 14.3 Å². The molecule has 4 rings (SSSR count). The van der Waals surface area contributed by atoms with E-state index in [1.165, 1.54) is 11.3 Å². The zero-order chi connectivity index (χ0) is 20.4. The smallest absolute Gasteiger partial charge is 0.414 e. The Bertz CT molecular complexity index is 932. The van der Waals surface area contributed by atoms with E-state index in [1.54, 1.807) is 23.4 Å². The third-order valence-corrected chi connectivity index (χ3v) is 5.90. The van der Waals surface area contributed by atoms with Crippen molar-refractivity contribution in [2.75, 3.05) is 43.1 Å². The number of anilines is 2. The van der Waals surface area contributed by atoms with Crippen LogP contribution in [0.15, 0.2) is 41.5 Å². The minimum Gasteiger partial charge on any atom is -0.442 e. The van der Waals surface area contributed by atoms with E-state index in [0.717, 1.165) is 24.5 Å². The van der Waals surface area contributed by atoms with Gasteiger partial charge in [-0.05, 0) is 36.4 Å². The number of likely N-dealkylation sites (N-methyl/N-ethyl adjacent to an activating group) is 1. The van der Waals surface area contributed by atoms with Crippen LogP contribution in [0, 0.1) is 0 Å². The lowest BCUT2D eigenvalue weighted by Gasteiger charge is -2.27. The molecule has 152 valence electrons. The standard InChI is InChI=1S/C19H20ClN5O3S/c1-23-8-9-25(22-12-23)14-4-2-13(3-5-14)24-11-15(28-19(24)27)10-21-18(26)16-6-7-17(20)29-16/h2-7,12,15H,8-11H2,1H3,(H,21,26). The molecule has 0 bridgehead atoms. The fourth-order valence-corrected chi connectivity index (χ4v) is 4.05. The number of carbonyl (C=O) groups is 2. The number of rotatable bonds is 5. The van der Waals surface area contributed by atoms with Crippen LogP contribution in [0.25, 0.3) is 0 Å². The average molecular weight is 434 g/mol. The van der Waals surface area contributed by atoms with Gasteiger partial charge < -0.3 is 15.0 Å². The second-order valence-corrected chi connectivity index (χ2v) is 8.50.